The van der Waals surface area contributed by atoms with Gasteiger partial charge in [0.05, 0.1) is 6.10 Å². The van der Waals surface area contributed by atoms with Crippen LogP contribution in [0.1, 0.15) is 104 Å². The maximum absolute atomic E-state index is 5.64. The summed E-state index contributed by atoms with van der Waals surface area (Å²) < 4.78 is 5.64. The molecule has 0 heterocycles. The molecule has 138 valence electrons. The summed E-state index contributed by atoms with van der Waals surface area (Å²) in [7, 11) is 0. The number of hydrogen-bond acceptors (Lipinski definition) is 1. The predicted octanol–water partition coefficient (Wildman–Crippen LogP) is 7.86. The van der Waals surface area contributed by atoms with E-state index in [1.165, 1.54) is 70.6 Å². The zero-order valence-corrected chi connectivity index (χ0v) is 16.5. The molecule has 1 heteroatoms. The summed E-state index contributed by atoms with van der Waals surface area (Å²) in [6.07, 6.45) is 21.4. The number of unbranched alkanes of at least 4 members (excludes halogenated alkanes) is 8. The molecule has 0 rings (SSSR count). The Balaban J connectivity index is 0. The highest BCUT2D eigenvalue weighted by Gasteiger charge is 2.06. The van der Waals surface area contributed by atoms with Crippen molar-refractivity contribution in [1.29, 1.82) is 0 Å². The van der Waals surface area contributed by atoms with Gasteiger partial charge in [-0.1, -0.05) is 77.4 Å². The summed E-state index contributed by atoms with van der Waals surface area (Å²) >= 11 is 0. The van der Waals surface area contributed by atoms with Crippen LogP contribution < -0.4 is 0 Å². The highest BCUT2D eigenvalue weighted by atomic mass is 16.5. The molecule has 1 atom stereocenters. The lowest BCUT2D eigenvalue weighted by Crippen LogP contribution is -2.12. The fourth-order valence-corrected chi connectivity index (χ4v) is 2.54. The van der Waals surface area contributed by atoms with Crippen LogP contribution in [0.3, 0.4) is 0 Å². The Hall–Kier alpha value is -0.560. The van der Waals surface area contributed by atoms with Crippen LogP contribution >= 0.6 is 0 Å². The summed E-state index contributed by atoms with van der Waals surface area (Å²) in [5, 5.41) is 0. The Morgan fingerprint density at radius 1 is 0.696 bits per heavy atom. The molecule has 0 saturated heterocycles. The molecule has 1 nitrogen and oxygen atoms in total. The van der Waals surface area contributed by atoms with Gasteiger partial charge in [0.2, 0.25) is 0 Å². The first-order chi connectivity index (χ1) is 11.3. The Morgan fingerprint density at radius 2 is 1.26 bits per heavy atom. The van der Waals surface area contributed by atoms with Gasteiger partial charge in [-0.15, -0.1) is 13.2 Å². The molecule has 0 amide bonds. The van der Waals surface area contributed by atoms with Gasteiger partial charge in [-0.3, -0.25) is 0 Å². The van der Waals surface area contributed by atoms with E-state index in [0.717, 1.165) is 19.4 Å². The monoisotopic (exact) mass is 324 g/mol. The maximum atomic E-state index is 5.64. The first-order valence-electron chi connectivity index (χ1n) is 10.1. The van der Waals surface area contributed by atoms with Gasteiger partial charge in [0.25, 0.3) is 0 Å². The molecule has 0 saturated carbocycles. The van der Waals surface area contributed by atoms with Crippen LogP contribution in [0.5, 0.6) is 0 Å². The van der Waals surface area contributed by atoms with Crippen LogP contribution in [0, 0.1) is 0 Å². The number of allylic oxidation sites excluding steroid dienone is 2. The fraction of sp³-hybridized carbons (Fsp3) is 0.818. The number of rotatable bonds is 16. The van der Waals surface area contributed by atoms with Crippen molar-refractivity contribution in [2.45, 2.75) is 110 Å². The molecule has 0 aromatic heterocycles. The smallest absolute Gasteiger partial charge is 0.0578 e. The molecule has 1 unspecified atom stereocenters. The van der Waals surface area contributed by atoms with Gasteiger partial charge in [0.15, 0.2) is 0 Å². The lowest BCUT2D eigenvalue weighted by molar-refractivity contribution is 0.0497. The molecule has 0 aromatic carbocycles. The van der Waals surface area contributed by atoms with E-state index in [2.05, 4.69) is 33.9 Å². The third-order valence-electron chi connectivity index (χ3n) is 3.99. The molecule has 0 aliphatic heterocycles. The lowest BCUT2D eigenvalue weighted by Gasteiger charge is -2.15. The van der Waals surface area contributed by atoms with Crippen molar-refractivity contribution in [3.8, 4) is 0 Å². The lowest BCUT2D eigenvalue weighted by atomic mass is 10.1. The van der Waals surface area contributed by atoms with Gasteiger partial charge in [-0.05, 0) is 39.0 Å². The van der Waals surface area contributed by atoms with E-state index in [-0.39, 0.29) is 0 Å². The highest BCUT2D eigenvalue weighted by Crippen LogP contribution is 2.12. The van der Waals surface area contributed by atoms with E-state index >= 15 is 0 Å². The quantitative estimate of drug-likeness (QED) is 0.207. The van der Waals surface area contributed by atoms with Crippen LogP contribution in [0.15, 0.2) is 25.3 Å². The minimum absolute atomic E-state index is 0.467. The summed E-state index contributed by atoms with van der Waals surface area (Å²) in [5.74, 6) is 0. The molecule has 23 heavy (non-hydrogen) atoms. The van der Waals surface area contributed by atoms with E-state index in [1.807, 2.05) is 12.2 Å². The minimum Gasteiger partial charge on any atom is -0.378 e. The Kier molecular flexibility index (Phi) is 25.4. The first kappa shape index (κ1) is 24.7. The van der Waals surface area contributed by atoms with Crippen molar-refractivity contribution in [2.24, 2.45) is 0 Å². The third-order valence-corrected chi connectivity index (χ3v) is 3.99. The number of ether oxygens (including phenoxy) is 1. The highest BCUT2D eigenvalue weighted by molar-refractivity contribution is 4.70. The van der Waals surface area contributed by atoms with Gasteiger partial charge in [-0.2, -0.15) is 0 Å². The molecule has 0 aliphatic rings. The third kappa shape index (κ3) is 23.8. The second-order valence-corrected chi connectivity index (χ2v) is 6.28. The summed E-state index contributed by atoms with van der Waals surface area (Å²) in [6.45, 7) is 14.8. The molecule has 0 aliphatic carbocycles. The number of hydrogen-bond donors (Lipinski definition) is 0. The summed E-state index contributed by atoms with van der Waals surface area (Å²) in [4.78, 5) is 0. The van der Waals surface area contributed by atoms with Gasteiger partial charge < -0.3 is 4.74 Å². The fourth-order valence-electron chi connectivity index (χ4n) is 2.54. The maximum Gasteiger partial charge on any atom is 0.0578 e. The van der Waals surface area contributed by atoms with Gasteiger partial charge in [-0.25, -0.2) is 0 Å². The van der Waals surface area contributed by atoms with Gasteiger partial charge >= 0.3 is 0 Å². The zero-order chi connectivity index (χ0) is 17.6. The van der Waals surface area contributed by atoms with Crippen molar-refractivity contribution in [1.82, 2.24) is 0 Å². The largest absolute Gasteiger partial charge is 0.378 e. The van der Waals surface area contributed by atoms with Crippen LogP contribution in [0.25, 0.3) is 0 Å². The van der Waals surface area contributed by atoms with Gasteiger partial charge in [0.1, 0.15) is 0 Å². The van der Waals surface area contributed by atoms with E-state index in [0.29, 0.717) is 6.10 Å². The molecule has 0 spiro atoms. The van der Waals surface area contributed by atoms with Crippen LogP contribution in [-0.2, 0) is 4.74 Å². The molecule has 0 fully saturated rings. The van der Waals surface area contributed by atoms with Crippen molar-refractivity contribution in [3.05, 3.63) is 25.3 Å². The van der Waals surface area contributed by atoms with Crippen molar-refractivity contribution in [3.63, 3.8) is 0 Å². The molecule has 0 radical (unpaired) electrons. The Bertz CT molecular complexity index is 222. The van der Waals surface area contributed by atoms with Crippen LogP contribution in [-0.4, -0.2) is 12.7 Å². The Labute approximate surface area is 147 Å². The van der Waals surface area contributed by atoms with Crippen molar-refractivity contribution >= 4 is 0 Å². The summed E-state index contributed by atoms with van der Waals surface area (Å²) in [6, 6.07) is 0. The normalized spacial score (nSPS) is 11.4. The van der Waals surface area contributed by atoms with Gasteiger partial charge in [0, 0.05) is 6.61 Å². The molecule has 0 N–H and O–H groups in total. The van der Waals surface area contributed by atoms with Crippen molar-refractivity contribution < 1.29 is 4.74 Å². The predicted molar refractivity (Wildman–Crippen MR) is 107 cm³/mol. The van der Waals surface area contributed by atoms with E-state index in [9.17, 15) is 0 Å². The molecule has 0 aromatic rings. The second-order valence-electron chi connectivity index (χ2n) is 6.28. The Morgan fingerprint density at radius 3 is 1.83 bits per heavy atom. The average molecular weight is 325 g/mol. The van der Waals surface area contributed by atoms with E-state index in [4.69, 9.17) is 4.74 Å². The second kappa shape index (κ2) is 23.7. The molecule has 0 bridgehead atoms. The first-order valence-corrected chi connectivity index (χ1v) is 10.1. The van der Waals surface area contributed by atoms with E-state index in [1.54, 1.807) is 0 Å². The summed E-state index contributed by atoms with van der Waals surface area (Å²) in [5.41, 5.74) is 0. The minimum atomic E-state index is 0.467. The SMILES string of the molecule is C=CCCC(CCCCC)OCC.C=CCCCCCCCC. The van der Waals surface area contributed by atoms with Crippen LogP contribution in [0.4, 0.5) is 0 Å². The topological polar surface area (TPSA) is 9.23 Å². The molecular formula is C22H44O. The van der Waals surface area contributed by atoms with E-state index < -0.39 is 0 Å². The zero-order valence-electron chi connectivity index (χ0n) is 16.5. The van der Waals surface area contributed by atoms with Crippen molar-refractivity contribution in [2.75, 3.05) is 6.61 Å². The van der Waals surface area contributed by atoms with Crippen LogP contribution in [0.2, 0.25) is 0 Å². The molecular weight excluding hydrogens is 280 g/mol. The average Bonchev–Trinajstić information content (AvgIpc) is 2.57. The standard InChI is InChI=1S/C12H24O.C10H20/c1-4-7-9-11-12(13-6-3)10-8-5-2;1-3-5-7-9-10-8-6-4-2/h5,12H,2,4,6-11H2,1,3H3;3H,1,4-10H2,2H3.